The van der Waals surface area contributed by atoms with Gasteiger partial charge < -0.3 is 10.1 Å². The van der Waals surface area contributed by atoms with Crippen LogP contribution < -0.4 is 10.1 Å². The van der Waals surface area contributed by atoms with E-state index >= 15 is 0 Å². The first-order valence-electron chi connectivity index (χ1n) is 8.06. The van der Waals surface area contributed by atoms with Crippen LogP contribution in [0.2, 0.25) is 0 Å². The summed E-state index contributed by atoms with van der Waals surface area (Å²) in [5.41, 5.74) is 2.52. The quantitative estimate of drug-likeness (QED) is 0.837. The van der Waals surface area contributed by atoms with Gasteiger partial charge in [0.25, 0.3) is 0 Å². The minimum Gasteiger partial charge on any atom is -0.478 e. The fourth-order valence-corrected chi connectivity index (χ4v) is 2.24. The van der Waals surface area contributed by atoms with Crippen LogP contribution in [0.25, 0.3) is 0 Å². The first-order valence-corrected chi connectivity index (χ1v) is 8.06. The minimum atomic E-state index is 0.519. The number of hydrogen-bond acceptors (Lipinski definition) is 4. The zero-order valence-electron chi connectivity index (χ0n) is 13.3. The van der Waals surface area contributed by atoms with Gasteiger partial charge in [0.2, 0.25) is 5.88 Å². The Morgan fingerprint density at radius 3 is 2.64 bits per heavy atom. The summed E-state index contributed by atoms with van der Waals surface area (Å²) in [4.78, 5) is 9.16. The van der Waals surface area contributed by atoms with Crippen LogP contribution in [0, 0.1) is 6.92 Å². The molecule has 4 heteroatoms. The van der Waals surface area contributed by atoms with Gasteiger partial charge in [-0.1, -0.05) is 36.8 Å². The van der Waals surface area contributed by atoms with Gasteiger partial charge in [-0.3, -0.25) is 0 Å². The molecule has 1 N–H and O–H groups in total. The van der Waals surface area contributed by atoms with Crippen molar-refractivity contribution < 1.29 is 4.74 Å². The van der Waals surface area contributed by atoms with Crippen molar-refractivity contribution in [2.24, 2.45) is 0 Å². The number of ether oxygens (including phenoxy) is 1. The van der Waals surface area contributed by atoms with Crippen LogP contribution >= 0.6 is 0 Å². The average molecular weight is 297 g/mol. The summed E-state index contributed by atoms with van der Waals surface area (Å²) in [5.74, 6) is 2.97. The molecule has 4 nitrogen and oxygen atoms in total. The Kier molecular flexibility index (Phi) is 4.56. The summed E-state index contributed by atoms with van der Waals surface area (Å²) in [6.07, 6.45) is 3.36. The highest BCUT2D eigenvalue weighted by Crippen LogP contribution is 2.39. The van der Waals surface area contributed by atoms with Gasteiger partial charge in [-0.2, -0.15) is 4.98 Å². The van der Waals surface area contributed by atoms with Gasteiger partial charge in [0.15, 0.2) is 0 Å². The van der Waals surface area contributed by atoms with Crippen LogP contribution in [0.1, 0.15) is 49.1 Å². The summed E-state index contributed by atoms with van der Waals surface area (Å²) >= 11 is 0. The maximum absolute atomic E-state index is 5.69. The van der Waals surface area contributed by atoms with Crippen LogP contribution in [0.4, 0.5) is 5.82 Å². The second-order valence-corrected chi connectivity index (χ2v) is 5.91. The maximum Gasteiger partial charge on any atom is 0.218 e. The van der Waals surface area contributed by atoms with E-state index in [-0.39, 0.29) is 0 Å². The fraction of sp³-hybridized carbons (Fsp3) is 0.444. The summed E-state index contributed by atoms with van der Waals surface area (Å²) in [7, 11) is 0. The van der Waals surface area contributed by atoms with E-state index in [2.05, 4.69) is 53.4 Å². The highest BCUT2D eigenvalue weighted by Gasteiger charge is 2.27. The Labute approximate surface area is 132 Å². The summed E-state index contributed by atoms with van der Waals surface area (Å²) < 4.78 is 5.69. The maximum atomic E-state index is 5.69. The molecule has 0 atom stereocenters. The Morgan fingerprint density at radius 1 is 1.18 bits per heavy atom. The number of benzene rings is 1. The van der Waals surface area contributed by atoms with Gasteiger partial charge in [-0.15, -0.1) is 0 Å². The van der Waals surface area contributed by atoms with Gasteiger partial charge in [-0.05, 0) is 31.7 Å². The van der Waals surface area contributed by atoms with E-state index in [1.165, 1.54) is 24.0 Å². The molecule has 0 spiro atoms. The van der Waals surface area contributed by atoms with Crippen molar-refractivity contribution in [1.82, 2.24) is 9.97 Å². The van der Waals surface area contributed by atoms with Crippen molar-refractivity contribution in [3.63, 3.8) is 0 Å². The van der Waals surface area contributed by atoms with Gasteiger partial charge in [0, 0.05) is 18.5 Å². The zero-order chi connectivity index (χ0) is 15.4. The summed E-state index contributed by atoms with van der Waals surface area (Å²) in [6.45, 7) is 5.65. The number of anilines is 1. The van der Waals surface area contributed by atoms with Crippen molar-refractivity contribution in [2.75, 3.05) is 11.9 Å². The molecule has 0 saturated heterocycles. The molecule has 0 bridgehead atoms. The minimum absolute atomic E-state index is 0.519. The lowest BCUT2D eigenvalue weighted by Gasteiger charge is -2.10. The molecule has 116 valence electrons. The van der Waals surface area contributed by atoms with Crippen LogP contribution in [0.3, 0.4) is 0 Å². The molecule has 0 aliphatic heterocycles. The molecule has 1 fully saturated rings. The standard InChI is InChI=1S/C18H23N3O/c1-3-10-22-17-11-16(20-18(21-17)15-8-9-15)19-12-14-6-4-13(2)5-7-14/h4-7,11,15H,3,8-10,12H2,1-2H3,(H,19,20,21). The van der Waals surface area contributed by atoms with Gasteiger partial charge in [-0.25, -0.2) is 4.98 Å². The molecule has 2 aromatic rings. The van der Waals surface area contributed by atoms with Crippen molar-refractivity contribution >= 4 is 5.82 Å². The molecular formula is C18H23N3O. The number of nitrogens with zero attached hydrogens (tertiary/aromatic N) is 2. The van der Waals surface area contributed by atoms with E-state index < -0.39 is 0 Å². The molecule has 1 aliphatic rings. The van der Waals surface area contributed by atoms with Crippen molar-refractivity contribution in [2.45, 2.75) is 45.6 Å². The third kappa shape index (κ3) is 3.97. The van der Waals surface area contributed by atoms with Crippen LogP contribution in [0.15, 0.2) is 30.3 Å². The first-order chi connectivity index (χ1) is 10.7. The molecule has 0 amide bonds. The SMILES string of the molecule is CCCOc1cc(NCc2ccc(C)cc2)nc(C2CC2)n1. The number of rotatable bonds is 7. The number of aromatic nitrogens is 2. The topological polar surface area (TPSA) is 47.0 Å². The first kappa shape index (κ1) is 14.8. The molecule has 1 aromatic carbocycles. The highest BCUT2D eigenvalue weighted by molar-refractivity contribution is 5.40. The molecule has 0 unspecified atom stereocenters. The lowest BCUT2D eigenvalue weighted by molar-refractivity contribution is 0.303. The van der Waals surface area contributed by atoms with Crippen molar-refractivity contribution in [3.8, 4) is 5.88 Å². The van der Waals surface area contributed by atoms with Crippen molar-refractivity contribution in [3.05, 3.63) is 47.3 Å². The Bertz CT molecular complexity index is 621. The second kappa shape index (κ2) is 6.77. The lowest BCUT2D eigenvalue weighted by Crippen LogP contribution is -2.06. The van der Waals surface area contributed by atoms with E-state index in [0.717, 1.165) is 24.6 Å². The van der Waals surface area contributed by atoms with Crippen LogP contribution in [0.5, 0.6) is 5.88 Å². The average Bonchev–Trinajstić information content (AvgIpc) is 3.37. The lowest BCUT2D eigenvalue weighted by atomic mass is 10.1. The molecule has 1 heterocycles. The molecule has 3 rings (SSSR count). The predicted octanol–water partition coefficient (Wildman–Crippen LogP) is 4.06. The van der Waals surface area contributed by atoms with Crippen molar-refractivity contribution in [1.29, 1.82) is 0 Å². The fourth-order valence-electron chi connectivity index (χ4n) is 2.24. The Balaban J connectivity index is 1.70. The van der Waals surface area contributed by atoms with E-state index in [9.17, 15) is 0 Å². The molecule has 1 saturated carbocycles. The molecule has 0 radical (unpaired) electrons. The molecular weight excluding hydrogens is 274 g/mol. The number of nitrogens with one attached hydrogen (secondary N) is 1. The Morgan fingerprint density at radius 2 is 1.95 bits per heavy atom. The third-order valence-electron chi connectivity index (χ3n) is 3.71. The van der Waals surface area contributed by atoms with Gasteiger partial charge in [0.1, 0.15) is 11.6 Å². The second-order valence-electron chi connectivity index (χ2n) is 5.91. The number of hydrogen-bond donors (Lipinski definition) is 1. The van der Waals surface area contributed by atoms with E-state index in [0.29, 0.717) is 18.4 Å². The van der Waals surface area contributed by atoms with E-state index in [4.69, 9.17) is 4.74 Å². The van der Waals surface area contributed by atoms with Crippen LogP contribution in [-0.4, -0.2) is 16.6 Å². The zero-order valence-corrected chi connectivity index (χ0v) is 13.3. The van der Waals surface area contributed by atoms with E-state index in [1.807, 2.05) is 6.07 Å². The monoisotopic (exact) mass is 297 g/mol. The van der Waals surface area contributed by atoms with Gasteiger partial charge in [0.05, 0.1) is 6.61 Å². The molecule has 1 aliphatic carbocycles. The smallest absolute Gasteiger partial charge is 0.218 e. The Hall–Kier alpha value is -2.10. The van der Waals surface area contributed by atoms with Crippen LogP contribution in [-0.2, 0) is 6.54 Å². The normalized spacial score (nSPS) is 13.9. The summed E-state index contributed by atoms with van der Waals surface area (Å²) in [5, 5.41) is 3.39. The van der Waals surface area contributed by atoms with Gasteiger partial charge >= 0.3 is 0 Å². The predicted molar refractivity (Wildman–Crippen MR) is 88.3 cm³/mol. The summed E-state index contributed by atoms with van der Waals surface area (Å²) in [6, 6.07) is 10.4. The number of aryl methyl sites for hydroxylation is 1. The molecule has 1 aromatic heterocycles. The highest BCUT2D eigenvalue weighted by atomic mass is 16.5. The molecule has 22 heavy (non-hydrogen) atoms. The van der Waals surface area contributed by atoms with E-state index in [1.54, 1.807) is 0 Å². The third-order valence-corrected chi connectivity index (χ3v) is 3.71. The largest absolute Gasteiger partial charge is 0.478 e.